The summed E-state index contributed by atoms with van der Waals surface area (Å²) in [5.74, 6) is -1.99. The molecular weight excluding hydrogens is 506 g/mol. The molecule has 0 spiro atoms. The molecule has 1 heterocycles. The van der Waals surface area contributed by atoms with E-state index in [0.29, 0.717) is 11.3 Å². The molecule has 0 aromatic heterocycles. The first-order valence-corrected chi connectivity index (χ1v) is 12.4. The van der Waals surface area contributed by atoms with E-state index >= 15 is 0 Å². The monoisotopic (exact) mass is 531 g/mol. The molecule has 9 heteroatoms. The van der Waals surface area contributed by atoms with Crippen LogP contribution in [0.5, 0.6) is 0 Å². The summed E-state index contributed by atoms with van der Waals surface area (Å²) in [7, 11) is 0. The summed E-state index contributed by atoms with van der Waals surface area (Å²) in [4.78, 5) is 51.7. The van der Waals surface area contributed by atoms with E-state index in [2.05, 4.69) is 24.5 Å². The molecule has 4 rings (SSSR count). The minimum atomic E-state index is -0.722. The van der Waals surface area contributed by atoms with E-state index in [9.17, 15) is 19.2 Å². The first-order valence-electron chi connectivity index (χ1n) is 12.0. The van der Waals surface area contributed by atoms with Crippen LogP contribution in [-0.4, -0.2) is 30.3 Å². The van der Waals surface area contributed by atoms with Gasteiger partial charge in [-0.05, 0) is 66.9 Å². The number of hydrogen-bond acceptors (Lipinski definition) is 6. The van der Waals surface area contributed by atoms with Crippen LogP contribution in [0.1, 0.15) is 53.0 Å². The van der Waals surface area contributed by atoms with E-state index < -0.39 is 17.8 Å². The summed E-state index contributed by atoms with van der Waals surface area (Å²) in [6, 6.07) is 20.0. The van der Waals surface area contributed by atoms with Crippen molar-refractivity contribution in [2.45, 2.75) is 26.7 Å². The maximum atomic E-state index is 13.1. The zero-order valence-electron chi connectivity index (χ0n) is 21.1. The second kappa shape index (κ2) is 11.3. The molecule has 0 saturated carbocycles. The number of nitrogens with one attached hydrogen (secondary N) is 2. The number of benzene rings is 3. The second-order valence-electron chi connectivity index (χ2n) is 8.80. The van der Waals surface area contributed by atoms with E-state index in [4.69, 9.17) is 16.3 Å². The number of ether oxygens (including phenoxy) is 1. The third-order valence-electron chi connectivity index (χ3n) is 5.89. The number of carbonyl (C=O) groups excluding carboxylic acids is 4. The lowest BCUT2D eigenvalue weighted by Gasteiger charge is -2.16. The van der Waals surface area contributed by atoms with Crippen molar-refractivity contribution in [2.24, 2.45) is 0 Å². The Kier molecular flexibility index (Phi) is 7.93. The highest BCUT2D eigenvalue weighted by Crippen LogP contribution is 2.31. The van der Waals surface area contributed by atoms with Gasteiger partial charge in [-0.1, -0.05) is 49.7 Å². The zero-order chi connectivity index (χ0) is 27.4. The molecule has 38 heavy (non-hydrogen) atoms. The molecule has 0 atom stereocenters. The topological polar surface area (TPSA) is 105 Å². The molecule has 3 aromatic carbocycles. The van der Waals surface area contributed by atoms with Gasteiger partial charge < -0.3 is 15.4 Å². The van der Waals surface area contributed by atoms with E-state index in [1.54, 1.807) is 37.3 Å². The quantitative estimate of drug-likeness (QED) is 0.286. The van der Waals surface area contributed by atoms with Crippen molar-refractivity contribution in [1.29, 1.82) is 0 Å². The maximum Gasteiger partial charge on any atom is 0.338 e. The average Bonchev–Trinajstić information content (AvgIpc) is 3.12. The van der Waals surface area contributed by atoms with Gasteiger partial charge in [0.2, 0.25) is 0 Å². The van der Waals surface area contributed by atoms with Crippen molar-refractivity contribution in [1.82, 2.24) is 0 Å². The van der Waals surface area contributed by atoms with Gasteiger partial charge in [-0.15, -0.1) is 0 Å². The molecule has 0 unspecified atom stereocenters. The van der Waals surface area contributed by atoms with Crippen LogP contribution in [0.4, 0.5) is 17.1 Å². The molecule has 0 fully saturated rings. The predicted molar refractivity (Wildman–Crippen MR) is 146 cm³/mol. The third-order valence-corrected chi connectivity index (χ3v) is 6.24. The number of imide groups is 1. The lowest BCUT2D eigenvalue weighted by Crippen LogP contribution is -2.32. The minimum Gasteiger partial charge on any atom is -0.462 e. The molecule has 0 aliphatic carbocycles. The van der Waals surface area contributed by atoms with Gasteiger partial charge in [-0.25, -0.2) is 9.69 Å². The second-order valence-corrected chi connectivity index (χ2v) is 9.18. The molecule has 3 aromatic rings. The van der Waals surface area contributed by atoms with Crippen LogP contribution in [0.15, 0.2) is 83.5 Å². The molecule has 8 nitrogen and oxygen atoms in total. The Labute approximate surface area is 225 Å². The highest BCUT2D eigenvalue weighted by Gasteiger charge is 2.39. The molecular formula is C29H26ClN3O5. The Morgan fingerprint density at radius 3 is 2.32 bits per heavy atom. The van der Waals surface area contributed by atoms with Gasteiger partial charge in [0, 0.05) is 16.9 Å². The van der Waals surface area contributed by atoms with Crippen LogP contribution in [0, 0.1) is 0 Å². The number of hydrogen-bond donors (Lipinski definition) is 2. The summed E-state index contributed by atoms with van der Waals surface area (Å²) < 4.78 is 4.99. The van der Waals surface area contributed by atoms with Gasteiger partial charge in [0.1, 0.15) is 10.7 Å². The summed E-state index contributed by atoms with van der Waals surface area (Å²) in [5, 5.41) is 5.53. The van der Waals surface area contributed by atoms with Gasteiger partial charge >= 0.3 is 5.97 Å². The number of amides is 3. The summed E-state index contributed by atoms with van der Waals surface area (Å²) in [6.07, 6.45) is 0. The molecule has 1 aliphatic rings. The van der Waals surface area contributed by atoms with Crippen molar-refractivity contribution < 1.29 is 23.9 Å². The number of nitrogens with zero attached hydrogens (tertiary/aromatic N) is 1. The Morgan fingerprint density at radius 1 is 0.921 bits per heavy atom. The first kappa shape index (κ1) is 26.6. The number of esters is 1. The Morgan fingerprint density at radius 2 is 1.63 bits per heavy atom. The van der Waals surface area contributed by atoms with Crippen LogP contribution in [0.2, 0.25) is 0 Å². The fourth-order valence-corrected chi connectivity index (χ4v) is 4.20. The third kappa shape index (κ3) is 5.45. The molecule has 0 saturated heterocycles. The summed E-state index contributed by atoms with van der Waals surface area (Å²) in [6.45, 7) is 5.98. The van der Waals surface area contributed by atoms with Crippen molar-refractivity contribution in [3.05, 3.63) is 100 Å². The van der Waals surface area contributed by atoms with E-state index in [1.807, 2.05) is 24.3 Å². The smallest absolute Gasteiger partial charge is 0.338 e. The molecule has 0 radical (unpaired) electrons. The van der Waals surface area contributed by atoms with E-state index in [-0.39, 0.29) is 40.4 Å². The lowest BCUT2D eigenvalue weighted by atomic mass is 10.0. The molecule has 0 bridgehead atoms. The maximum absolute atomic E-state index is 13.1. The Bertz CT molecular complexity index is 1450. The zero-order valence-corrected chi connectivity index (χ0v) is 21.8. The van der Waals surface area contributed by atoms with Gasteiger partial charge in [0.25, 0.3) is 17.7 Å². The average molecular weight is 532 g/mol. The van der Waals surface area contributed by atoms with Gasteiger partial charge in [-0.3, -0.25) is 14.4 Å². The number of rotatable bonds is 8. The normalized spacial score (nSPS) is 13.2. The van der Waals surface area contributed by atoms with Crippen LogP contribution in [0.3, 0.4) is 0 Å². The van der Waals surface area contributed by atoms with Crippen LogP contribution in [-0.2, 0) is 14.3 Å². The van der Waals surface area contributed by atoms with Gasteiger partial charge in [-0.2, -0.15) is 0 Å². The molecule has 194 valence electrons. The fourth-order valence-electron chi connectivity index (χ4n) is 3.99. The highest BCUT2D eigenvalue weighted by atomic mass is 35.5. The fraction of sp³-hybridized carbons (Fsp3) is 0.172. The molecule has 2 N–H and O–H groups in total. The van der Waals surface area contributed by atoms with Crippen LogP contribution < -0.4 is 15.5 Å². The summed E-state index contributed by atoms with van der Waals surface area (Å²) >= 11 is 6.23. The van der Waals surface area contributed by atoms with Gasteiger partial charge in [0.05, 0.1) is 17.9 Å². The minimum absolute atomic E-state index is 0.110. The Hall–Kier alpha value is -4.43. The van der Waals surface area contributed by atoms with Crippen LogP contribution >= 0.6 is 11.6 Å². The number of halogens is 1. The Balaban J connectivity index is 1.49. The first-order chi connectivity index (χ1) is 18.2. The van der Waals surface area contributed by atoms with Crippen molar-refractivity contribution in [3.63, 3.8) is 0 Å². The largest absolute Gasteiger partial charge is 0.462 e. The predicted octanol–water partition coefficient (Wildman–Crippen LogP) is 5.67. The van der Waals surface area contributed by atoms with Gasteiger partial charge in [0.15, 0.2) is 0 Å². The number of anilines is 3. The number of para-hydroxylation sites is 1. The van der Waals surface area contributed by atoms with E-state index in [0.717, 1.165) is 16.2 Å². The SMILES string of the molecule is CCOC(=O)c1cccc(N2C(=O)C(Cl)=C(Nc3ccc(C(=O)Nc4ccccc4C(C)C)cc3)C2=O)c1. The van der Waals surface area contributed by atoms with Crippen LogP contribution in [0.25, 0.3) is 0 Å². The van der Waals surface area contributed by atoms with Crippen molar-refractivity contribution in [3.8, 4) is 0 Å². The van der Waals surface area contributed by atoms with E-state index in [1.165, 1.54) is 18.2 Å². The highest BCUT2D eigenvalue weighted by molar-refractivity contribution is 6.53. The summed E-state index contributed by atoms with van der Waals surface area (Å²) in [5.41, 5.74) is 2.93. The number of carbonyl (C=O) groups is 4. The molecule has 3 amide bonds. The lowest BCUT2D eigenvalue weighted by molar-refractivity contribution is -0.120. The standard InChI is InChI=1S/C29H26ClN3O5/c1-4-38-29(37)19-8-7-9-21(16-19)33-27(35)24(30)25(28(33)36)31-20-14-12-18(13-15-20)26(34)32-23-11-6-5-10-22(23)17(2)3/h5-17,31H,4H2,1-3H3,(H,32,34). The van der Waals surface area contributed by atoms with Crippen molar-refractivity contribution >= 4 is 52.4 Å². The van der Waals surface area contributed by atoms with Crippen molar-refractivity contribution in [2.75, 3.05) is 22.1 Å². The molecule has 1 aliphatic heterocycles.